The third kappa shape index (κ3) is 4.21. The Balaban J connectivity index is 1.69. The fraction of sp³-hybridized carbons (Fsp3) is 0. The zero-order valence-corrected chi connectivity index (χ0v) is 16.3. The van der Waals surface area contributed by atoms with E-state index in [0.717, 1.165) is 27.1 Å². The number of nitrogens with one attached hydrogen (secondary N) is 1. The second kappa shape index (κ2) is 7.84. The molecule has 0 atom stereocenters. The lowest BCUT2D eigenvalue weighted by atomic mass is 10.1. The van der Waals surface area contributed by atoms with Gasteiger partial charge < -0.3 is 4.42 Å². The molecule has 0 spiro atoms. The smallest absolute Gasteiger partial charge is 0.256 e. The van der Waals surface area contributed by atoms with E-state index >= 15 is 0 Å². The van der Waals surface area contributed by atoms with Gasteiger partial charge in [0.05, 0.1) is 22.2 Å². The van der Waals surface area contributed by atoms with Crippen LogP contribution in [0.25, 0.3) is 27.8 Å². The fourth-order valence-electron chi connectivity index (χ4n) is 2.64. The number of furan rings is 1. The van der Waals surface area contributed by atoms with Crippen LogP contribution in [0.5, 0.6) is 0 Å². The summed E-state index contributed by atoms with van der Waals surface area (Å²) in [6.45, 7) is 0. The molecule has 0 fully saturated rings. The Morgan fingerprint density at radius 3 is 2.21 bits per heavy atom. The monoisotopic (exact) mass is 408 g/mol. The van der Waals surface area contributed by atoms with E-state index in [1.807, 2.05) is 60.7 Å². The number of anilines is 1. The largest absolute Gasteiger partial charge is 0.465 e. The van der Waals surface area contributed by atoms with Gasteiger partial charge >= 0.3 is 0 Å². The van der Waals surface area contributed by atoms with E-state index in [0.29, 0.717) is 10.9 Å². The van der Waals surface area contributed by atoms with Crippen LogP contribution in [0.3, 0.4) is 0 Å². The number of nitrogens with zero attached hydrogens (tertiary/aromatic N) is 1. The van der Waals surface area contributed by atoms with Crippen LogP contribution in [0.2, 0.25) is 0 Å². The van der Waals surface area contributed by atoms with Crippen LogP contribution in [0.4, 0.5) is 5.13 Å². The molecule has 0 aliphatic carbocycles. The van der Waals surface area contributed by atoms with Crippen molar-refractivity contribution in [3.63, 3.8) is 0 Å². The van der Waals surface area contributed by atoms with Gasteiger partial charge in [0.15, 0.2) is 5.13 Å². The van der Waals surface area contributed by atoms with Gasteiger partial charge in [-0.1, -0.05) is 72.0 Å². The molecule has 2 aromatic heterocycles. The molecule has 28 heavy (non-hydrogen) atoms. The molecule has 5 nitrogen and oxygen atoms in total. The first-order valence-corrected chi connectivity index (χ1v) is 10.8. The van der Waals surface area contributed by atoms with Gasteiger partial charge in [-0.25, -0.2) is 13.4 Å². The SMILES string of the molecule is O=S(=O)(/C=C/c1ccco1)Nc1nc(-c2ccccc2)c(-c2ccccc2)s1. The molecule has 7 heteroatoms. The molecular weight excluding hydrogens is 392 g/mol. The minimum absolute atomic E-state index is 0.307. The lowest BCUT2D eigenvalue weighted by molar-refractivity contribution is 0.557. The molecule has 1 N–H and O–H groups in total. The van der Waals surface area contributed by atoms with Crippen LogP contribution in [-0.2, 0) is 10.0 Å². The van der Waals surface area contributed by atoms with E-state index in [1.165, 1.54) is 23.7 Å². The van der Waals surface area contributed by atoms with Gasteiger partial charge in [0.25, 0.3) is 10.0 Å². The molecule has 0 aliphatic heterocycles. The molecule has 0 unspecified atom stereocenters. The zero-order chi connectivity index (χ0) is 19.4. The lowest BCUT2D eigenvalue weighted by Crippen LogP contribution is -2.08. The quantitative estimate of drug-likeness (QED) is 0.458. The van der Waals surface area contributed by atoms with Gasteiger partial charge in [0.1, 0.15) is 5.76 Å². The predicted molar refractivity (Wildman–Crippen MR) is 113 cm³/mol. The highest BCUT2D eigenvalue weighted by Crippen LogP contribution is 2.39. The summed E-state index contributed by atoms with van der Waals surface area (Å²) in [6, 6.07) is 22.9. The number of hydrogen-bond acceptors (Lipinski definition) is 5. The molecule has 0 aliphatic rings. The van der Waals surface area contributed by atoms with Gasteiger partial charge in [-0.15, -0.1) is 0 Å². The first kappa shape index (κ1) is 18.2. The van der Waals surface area contributed by atoms with Crippen molar-refractivity contribution in [3.8, 4) is 21.7 Å². The van der Waals surface area contributed by atoms with Crippen molar-refractivity contribution in [1.29, 1.82) is 0 Å². The van der Waals surface area contributed by atoms with E-state index < -0.39 is 10.0 Å². The minimum Gasteiger partial charge on any atom is -0.465 e. The normalized spacial score (nSPS) is 11.7. The van der Waals surface area contributed by atoms with Gasteiger partial charge in [0, 0.05) is 5.56 Å². The Kier molecular flexibility index (Phi) is 5.10. The fourth-order valence-corrected chi connectivity index (χ4v) is 4.67. The zero-order valence-electron chi connectivity index (χ0n) is 14.6. The van der Waals surface area contributed by atoms with E-state index in [-0.39, 0.29) is 0 Å². The van der Waals surface area contributed by atoms with Crippen molar-refractivity contribution in [2.45, 2.75) is 0 Å². The van der Waals surface area contributed by atoms with Gasteiger partial charge in [-0.3, -0.25) is 4.72 Å². The highest BCUT2D eigenvalue weighted by molar-refractivity contribution is 7.95. The maximum Gasteiger partial charge on any atom is 0.256 e. The molecular formula is C21H16N2O3S2. The van der Waals surface area contributed by atoms with E-state index in [4.69, 9.17) is 4.42 Å². The molecule has 0 bridgehead atoms. The second-order valence-electron chi connectivity index (χ2n) is 5.89. The molecule has 4 aromatic rings. The number of rotatable bonds is 6. The average Bonchev–Trinajstić information content (AvgIpc) is 3.37. The van der Waals surface area contributed by atoms with Gasteiger partial charge in [-0.05, 0) is 23.8 Å². The summed E-state index contributed by atoms with van der Waals surface area (Å²) in [7, 11) is -3.72. The molecule has 2 heterocycles. The number of hydrogen-bond donors (Lipinski definition) is 1. The summed E-state index contributed by atoms with van der Waals surface area (Å²) in [5.74, 6) is 0.458. The standard InChI is InChI=1S/C21H16N2O3S2/c24-28(25,15-13-18-12-7-14-26-18)23-21-22-19(16-8-3-1-4-9-16)20(27-21)17-10-5-2-6-11-17/h1-15H,(H,22,23)/b15-13+. The summed E-state index contributed by atoms with van der Waals surface area (Å²) < 4.78 is 32.5. The highest BCUT2D eigenvalue weighted by Gasteiger charge is 2.17. The maximum atomic E-state index is 12.4. The number of aromatic nitrogens is 1. The molecule has 4 rings (SSSR count). The summed E-state index contributed by atoms with van der Waals surface area (Å²) in [6.07, 6.45) is 2.88. The Hall–Kier alpha value is -3.16. The molecule has 0 saturated carbocycles. The number of sulfonamides is 1. The molecule has 140 valence electrons. The van der Waals surface area contributed by atoms with Crippen LogP contribution in [0.15, 0.2) is 88.9 Å². The van der Waals surface area contributed by atoms with Crippen LogP contribution in [0, 0.1) is 0 Å². The Morgan fingerprint density at radius 2 is 1.57 bits per heavy atom. The van der Waals surface area contributed by atoms with Crippen LogP contribution in [0.1, 0.15) is 5.76 Å². The molecule has 0 saturated heterocycles. The van der Waals surface area contributed by atoms with Crippen LogP contribution < -0.4 is 4.72 Å². The second-order valence-corrected chi connectivity index (χ2v) is 8.46. The Bertz CT molecular complexity index is 1120. The molecule has 0 radical (unpaired) electrons. The summed E-state index contributed by atoms with van der Waals surface area (Å²) in [4.78, 5) is 5.46. The molecule has 0 amide bonds. The third-order valence-corrected chi connectivity index (χ3v) is 6.02. The van der Waals surface area contributed by atoms with Crippen molar-refractivity contribution < 1.29 is 12.8 Å². The predicted octanol–water partition coefficient (Wildman–Crippen LogP) is 5.48. The van der Waals surface area contributed by atoms with Crippen molar-refractivity contribution in [2.75, 3.05) is 4.72 Å². The summed E-state index contributed by atoms with van der Waals surface area (Å²) in [5, 5.41) is 1.37. The van der Waals surface area contributed by atoms with Crippen LogP contribution in [-0.4, -0.2) is 13.4 Å². The summed E-state index contributed by atoms with van der Waals surface area (Å²) >= 11 is 1.30. The van der Waals surface area contributed by atoms with Crippen molar-refractivity contribution in [2.24, 2.45) is 0 Å². The summed E-state index contributed by atoms with van der Waals surface area (Å²) in [5.41, 5.74) is 2.65. The average molecular weight is 409 g/mol. The Morgan fingerprint density at radius 1 is 0.893 bits per heavy atom. The number of benzene rings is 2. The lowest BCUT2D eigenvalue weighted by Gasteiger charge is -2.02. The first-order chi connectivity index (χ1) is 13.6. The van der Waals surface area contributed by atoms with E-state index in [9.17, 15) is 8.42 Å². The molecule has 2 aromatic carbocycles. The van der Waals surface area contributed by atoms with E-state index in [1.54, 1.807) is 12.1 Å². The van der Waals surface area contributed by atoms with Crippen LogP contribution >= 0.6 is 11.3 Å². The third-order valence-electron chi connectivity index (χ3n) is 3.89. The van der Waals surface area contributed by atoms with E-state index in [2.05, 4.69) is 9.71 Å². The van der Waals surface area contributed by atoms with Crippen molar-refractivity contribution >= 4 is 32.6 Å². The van der Waals surface area contributed by atoms with Gasteiger partial charge in [-0.2, -0.15) is 0 Å². The number of thiazole rings is 1. The maximum absolute atomic E-state index is 12.4. The highest BCUT2D eigenvalue weighted by atomic mass is 32.2. The van der Waals surface area contributed by atoms with Crippen molar-refractivity contribution in [1.82, 2.24) is 4.98 Å². The van der Waals surface area contributed by atoms with Crippen molar-refractivity contribution in [3.05, 3.63) is 90.2 Å². The van der Waals surface area contributed by atoms with Gasteiger partial charge in [0.2, 0.25) is 0 Å². The topological polar surface area (TPSA) is 72.2 Å². The Labute approximate surface area is 167 Å². The first-order valence-electron chi connectivity index (χ1n) is 8.47. The minimum atomic E-state index is -3.72.